The van der Waals surface area contributed by atoms with Crippen molar-refractivity contribution < 1.29 is 4.74 Å². The van der Waals surface area contributed by atoms with Gasteiger partial charge in [0.2, 0.25) is 0 Å². The molecule has 0 aliphatic carbocycles. The van der Waals surface area contributed by atoms with Crippen molar-refractivity contribution in [3.05, 3.63) is 18.3 Å². The zero-order valence-corrected chi connectivity index (χ0v) is 9.02. The van der Waals surface area contributed by atoms with Gasteiger partial charge in [-0.15, -0.1) is 0 Å². The SMILES string of the molecule is CCOc1cccnc1N1CCC(N)C1. The second kappa shape index (κ2) is 4.49. The highest BCUT2D eigenvalue weighted by atomic mass is 16.5. The molecule has 0 bridgehead atoms. The molecule has 1 saturated heterocycles. The van der Waals surface area contributed by atoms with Crippen molar-refractivity contribution in [2.75, 3.05) is 24.6 Å². The van der Waals surface area contributed by atoms with E-state index < -0.39 is 0 Å². The van der Waals surface area contributed by atoms with Crippen molar-refractivity contribution in [3.8, 4) is 5.75 Å². The molecule has 15 heavy (non-hydrogen) atoms. The predicted octanol–water partition coefficient (Wildman–Crippen LogP) is 1.02. The Labute approximate surface area is 90.0 Å². The van der Waals surface area contributed by atoms with Gasteiger partial charge in [0.1, 0.15) is 0 Å². The Morgan fingerprint density at radius 3 is 3.20 bits per heavy atom. The summed E-state index contributed by atoms with van der Waals surface area (Å²) in [4.78, 5) is 6.55. The first-order valence-electron chi connectivity index (χ1n) is 5.39. The fraction of sp³-hybridized carbons (Fsp3) is 0.545. The number of hydrogen-bond acceptors (Lipinski definition) is 4. The molecule has 82 valence electrons. The molecule has 0 saturated carbocycles. The molecule has 1 aliphatic rings. The molecule has 4 heteroatoms. The fourth-order valence-corrected chi connectivity index (χ4v) is 1.87. The molecule has 2 heterocycles. The third kappa shape index (κ3) is 2.21. The lowest BCUT2D eigenvalue weighted by atomic mass is 10.3. The summed E-state index contributed by atoms with van der Waals surface area (Å²) in [6, 6.07) is 4.11. The van der Waals surface area contributed by atoms with Gasteiger partial charge in [-0.3, -0.25) is 0 Å². The second-order valence-electron chi connectivity index (χ2n) is 3.75. The third-order valence-electron chi connectivity index (χ3n) is 2.57. The van der Waals surface area contributed by atoms with E-state index in [9.17, 15) is 0 Å². The van der Waals surface area contributed by atoms with E-state index in [2.05, 4.69) is 9.88 Å². The summed E-state index contributed by atoms with van der Waals surface area (Å²) in [5.74, 6) is 1.78. The molecule has 2 N–H and O–H groups in total. The molecule has 1 aliphatic heterocycles. The number of ether oxygens (including phenoxy) is 1. The van der Waals surface area contributed by atoms with Crippen LogP contribution in [0.3, 0.4) is 0 Å². The Kier molecular flexibility index (Phi) is 3.06. The standard InChI is InChI=1S/C11H17N3O/c1-2-15-10-4-3-6-13-11(10)14-7-5-9(12)8-14/h3-4,6,9H,2,5,7-8,12H2,1H3. The van der Waals surface area contributed by atoms with Crippen LogP contribution in [0.2, 0.25) is 0 Å². The lowest BCUT2D eigenvalue weighted by molar-refractivity contribution is 0.339. The largest absolute Gasteiger partial charge is 0.490 e. The number of nitrogens with two attached hydrogens (primary N) is 1. The summed E-state index contributed by atoms with van der Waals surface area (Å²) >= 11 is 0. The van der Waals surface area contributed by atoms with Gasteiger partial charge in [-0.2, -0.15) is 0 Å². The molecular formula is C11H17N3O. The van der Waals surface area contributed by atoms with Crippen LogP contribution in [0, 0.1) is 0 Å². The normalized spacial score (nSPS) is 20.7. The van der Waals surface area contributed by atoms with Crippen LogP contribution in [-0.2, 0) is 0 Å². The summed E-state index contributed by atoms with van der Waals surface area (Å²) in [6.45, 7) is 4.49. The Bertz CT molecular complexity index is 329. The topological polar surface area (TPSA) is 51.4 Å². The molecule has 0 radical (unpaired) electrons. The van der Waals surface area contributed by atoms with Crippen molar-refractivity contribution in [1.82, 2.24) is 4.98 Å². The minimum Gasteiger partial charge on any atom is -0.490 e. The predicted molar refractivity (Wildman–Crippen MR) is 60.2 cm³/mol. The van der Waals surface area contributed by atoms with Crippen LogP contribution in [0.4, 0.5) is 5.82 Å². The fourth-order valence-electron chi connectivity index (χ4n) is 1.87. The number of nitrogens with zero attached hydrogens (tertiary/aromatic N) is 2. The molecule has 0 spiro atoms. The maximum atomic E-state index is 5.88. The lowest BCUT2D eigenvalue weighted by Crippen LogP contribution is -2.27. The Hall–Kier alpha value is -1.29. The van der Waals surface area contributed by atoms with Crippen LogP contribution in [-0.4, -0.2) is 30.7 Å². The van der Waals surface area contributed by atoms with Crippen LogP contribution in [0.25, 0.3) is 0 Å². The molecule has 1 aromatic rings. The van der Waals surface area contributed by atoms with Crippen LogP contribution in [0.5, 0.6) is 5.75 Å². The first-order chi connectivity index (χ1) is 7.31. The van der Waals surface area contributed by atoms with E-state index in [4.69, 9.17) is 10.5 Å². The van der Waals surface area contributed by atoms with Crippen LogP contribution in [0.15, 0.2) is 18.3 Å². The van der Waals surface area contributed by atoms with Crippen molar-refractivity contribution in [1.29, 1.82) is 0 Å². The number of aromatic nitrogens is 1. The minimum atomic E-state index is 0.265. The molecule has 0 aromatic carbocycles. The highest BCUT2D eigenvalue weighted by Gasteiger charge is 2.22. The highest BCUT2D eigenvalue weighted by Crippen LogP contribution is 2.27. The first-order valence-corrected chi connectivity index (χ1v) is 5.39. The molecule has 1 unspecified atom stereocenters. The van der Waals surface area contributed by atoms with E-state index in [1.54, 1.807) is 6.20 Å². The number of anilines is 1. The van der Waals surface area contributed by atoms with E-state index in [1.165, 1.54) is 0 Å². The zero-order valence-electron chi connectivity index (χ0n) is 9.02. The van der Waals surface area contributed by atoms with Gasteiger partial charge < -0.3 is 15.4 Å². The van der Waals surface area contributed by atoms with Gasteiger partial charge >= 0.3 is 0 Å². The molecule has 0 amide bonds. The lowest BCUT2D eigenvalue weighted by Gasteiger charge is -2.19. The van der Waals surface area contributed by atoms with E-state index in [0.29, 0.717) is 6.61 Å². The zero-order chi connectivity index (χ0) is 10.7. The molecule has 1 fully saturated rings. The van der Waals surface area contributed by atoms with Gasteiger partial charge in [0.05, 0.1) is 6.61 Å². The Morgan fingerprint density at radius 1 is 1.67 bits per heavy atom. The summed E-state index contributed by atoms with van der Waals surface area (Å²) in [5, 5.41) is 0. The van der Waals surface area contributed by atoms with Gasteiger partial charge in [0.25, 0.3) is 0 Å². The van der Waals surface area contributed by atoms with E-state index in [0.717, 1.165) is 31.1 Å². The smallest absolute Gasteiger partial charge is 0.171 e. The van der Waals surface area contributed by atoms with Gasteiger partial charge in [0, 0.05) is 25.3 Å². The quantitative estimate of drug-likeness (QED) is 0.804. The first kappa shape index (κ1) is 10.2. The van der Waals surface area contributed by atoms with Crippen LogP contribution < -0.4 is 15.4 Å². The van der Waals surface area contributed by atoms with Crippen molar-refractivity contribution in [2.45, 2.75) is 19.4 Å². The third-order valence-corrected chi connectivity index (χ3v) is 2.57. The number of hydrogen-bond donors (Lipinski definition) is 1. The summed E-state index contributed by atoms with van der Waals surface area (Å²) in [7, 11) is 0. The maximum absolute atomic E-state index is 5.88. The molecule has 1 aromatic heterocycles. The van der Waals surface area contributed by atoms with E-state index in [1.807, 2.05) is 19.1 Å². The minimum absolute atomic E-state index is 0.265. The van der Waals surface area contributed by atoms with Gasteiger partial charge in [-0.25, -0.2) is 4.98 Å². The van der Waals surface area contributed by atoms with Crippen molar-refractivity contribution in [2.24, 2.45) is 5.73 Å². The second-order valence-corrected chi connectivity index (χ2v) is 3.75. The average Bonchev–Trinajstić information content (AvgIpc) is 2.66. The Morgan fingerprint density at radius 2 is 2.53 bits per heavy atom. The van der Waals surface area contributed by atoms with Crippen molar-refractivity contribution in [3.63, 3.8) is 0 Å². The summed E-state index contributed by atoms with van der Waals surface area (Å²) in [5.41, 5.74) is 5.88. The molecular weight excluding hydrogens is 190 g/mol. The maximum Gasteiger partial charge on any atom is 0.171 e. The van der Waals surface area contributed by atoms with Gasteiger partial charge in [-0.05, 0) is 25.5 Å². The van der Waals surface area contributed by atoms with Gasteiger partial charge in [0.15, 0.2) is 11.6 Å². The monoisotopic (exact) mass is 207 g/mol. The average molecular weight is 207 g/mol. The van der Waals surface area contributed by atoms with Crippen LogP contribution >= 0.6 is 0 Å². The van der Waals surface area contributed by atoms with Crippen molar-refractivity contribution >= 4 is 5.82 Å². The van der Waals surface area contributed by atoms with Gasteiger partial charge in [-0.1, -0.05) is 0 Å². The van der Waals surface area contributed by atoms with E-state index >= 15 is 0 Å². The number of rotatable bonds is 3. The highest BCUT2D eigenvalue weighted by molar-refractivity contribution is 5.52. The number of pyridine rings is 1. The van der Waals surface area contributed by atoms with E-state index in [-0.39, 0.29) is 6.04 Å². The summed E-state index contributed by atoms with van der Waals surface area (Å²) < 4.78 is 5.54. The molecule has 2 rings (SSSR count). The molecule has 4 nitrogen and oxygen atoms in total. The van der Waals surface area contributed by atoms with Crippen LogP contribution in [0.1, 0.15) is 13.3 Å². The molecule has 1 atom stereocenters. The summed E-state index contributed by atoms with van der Waals surface area (Å²) in [6.07, 6.45) is 2.82. The Balaban J connectivity index is 2.19.